The van der Waals surface area contributed by atoms with Crippen LogP contribution in [0.4, 0.5) is 4.39 Å². The Morgan fingerprint density at radius 1 is 1.28 bits per heavy atom. The number of methoxy groups -OCH3 is 1. The zero-order valence-corrected chi connectivity index (χ0v) is 18.2. The molecule has 1 aliphatic heterocycles. The molecular formula is C24H28FN3O4. The summed E-state index contributed by atoms with van der Waals surface area (Å²) in [7, 11) is 1.56. The molecule has 0 unspecified atom stereocenters. The Balaban J connectivity index is 1.67. The topological polar surface area (TPSA) is 72.4 Å². The minimum absolute atomic E-state index is 0.180. The van der Waals surface area contributed by atoms with Gasteiger partial charge in [-0.2, -0.15) is 5.10 Å². The van der Waals surface area contributed by atoms with Crippen LogP contribution in [0, 0.1) is 5.82 Å². The van der Waals surface area contributed by atoms with Crippen LogP contribution in [-0.4, -0.2) is 57.0 Å². The molecule has 0 spiro atoms. The van der Waals surface area contributed by atoms with Gasteiger partial charge in [0.15, 0.2) is 11.5 Å². The normalized spacial score (nSPS) is 14.3. The molecule has 1 fully saturated rings. The first-order valence-corrected chi connectivity index (χ1v) is 10.4. The number of ether oxygens (including phenoxy) is 3. The summed E-state index contributed by atoms with van der Waals surface area (Å²) in [5.74, 6) is 0.651. The minimum atomic E-state index is -0.292. The summed E-state index contributed by atoms with van der Waals surface area (Å²) in [5.41, 5.74) is 5.01. The van der Waals surface area contributed by atoms with Crippen molar-refractivity contribution in [2.75, 3.05) is 40.0 Å². The fourth-order valence-corrected chi connectivity index (χ4v) is 3.29. The van der Waals surface area contributed by atoms with Crippen molar-refractivity contribution in [3.63, 3.8) is 0 Å². The molecule has 1 saturated heterocycles. The molecule has 1 heterocycles. The molecule has 0 aromatic heterocycles. The second-order valence-corrected chi connectivity index (χ2v) is 7.30. The van der Waals surface area contributed by atoms with Crippen LogP contribution in [0.1, 0.15) is 16.7 Å². The number of carbonyl (C=O) groups excluding carboxylic acids is 1. The summed E-state index contributed by atoms with van der Waals surface area (Å²) in [5, 5.41) is 4.07. The lowest BCUT2D eigenvalue weighted by Gasteiger charge is -2.25. The van der Waals surface area contributed by atoms with Crippen LogP contribution >= 0.6 is 0 Å². The van der Waals surface area contributed by atoms with E-state index in [0.717, 1.165) is 29.8 Å². The SMILES string of the molecule is C=CCc1cc(/C=N/NC(=O)CN2CCOCC2)cc(OC)c1OCc1ccc(F)cc1. The van der Waals surface area contributed by atoms with Gasteiger partial charge in [0.1, 0.15) is 12.4 Å². The average molecular weight is 442 g/mol. The molecule has 0 aliphatic carbocycles. The van der Waals surface area contributed by atoms with Crippen molar-refractivity contribution < 1.29 is 23.4 Å². The van der Waals surface area contributed by atoms with E-state index in [0.29, 0.717) is 31.1 Å². The van der Waals surface area contributed by atoms with E-state index in [1.807, 2.05) is 11.0 Å². The number of allylic oxidation sites excluding steroid dienone is 1. The third-order valence-electron chi connectivity index (χ3n) is 4.91. The first kappa shape index (κ1) is 23.4. The number of benzene rings is 2. The van der Waals surface area contributed by atoms with Crippen LogP contribution < -0.4 is 14.9 Å². The van der Waals surface area contributed by atoms with Gasteiger partial charge < -0.3 is 14.2 Å². The summed E-state index contributed by atoms with van der Waals surface area (Å²) in [6.45, 7) is 7.10. The van der Waals surface area contributed by atoms with Crippen molar-refractivity contribution in [3.8, 4) is 11.5 Å². The van der Waals surface area contributed by atoms with Crippen LogP contribution in [0.15, 0.2) is 54.2 Å². The molecule has 32 heavy (non-hydrogen) atoms. The van der Waals surface area contributed by atoms with E-state index in [4.69, 9.17) is 14.2 Å². The largest absolute Gasteiger partial charge is 0.493 e. The fraction of sp³-hybridized carbons (Fsp3) is 0.333. The third kappa shape index (κ3) is 6.90. The van der Waals surface area contributed by atoms with E-state index < -0.39 is 0 Å². The van der Waals surface area contributed by atoms with Gasteiger partial charge in [0, 0.05) is 18.7 Å². The highest BCUT2D eigenvalue weighted by atomic mass is 19.1. The number of halogens is 1. The van der Waals surface area contributed by atoms with E-state index in [1.54, 1.807) is 37.6 Å². The zero-order valence-electron chi connectivity index (χ0n) is 18.2. The summed E-state index contributed by atoms with van der Waals surface area (Å²) < 4.78 is 29.9. The van der Waals surface area contributed by atoms with Gasteiger partial charge in [-0.25, -0.2) is 9.82 Å². The highest BCUT2D eigenvalue weighted by molar-refractivity contribution is 5.84. The predicted molar refractivity (Wildman–Crippen MR) is 121 cm³/mol. The minimum Gasteiger partial charge on any atom is -0.493 e. The molecule has 0 saturated carbocycles. The van der Waals surface area contributed by atoms with Gasteiger partial charge in [-0.3, -0.25) is 9.69 Å². The van der Waals surface area contributed by atoms with Crippen LogP contribution in [0.3, 0.4) is 0 Å². The Kier molecular flexibility index (Phi) is 8.77. The number of nitrogens with one attached hydrogen (secondary N) is 1. The molecule has 7 nitrogen and oxygen atoms in total. The molecule has 3 rings (SSSR count). The molecule has 1 aliphatic rings. The van der Waals surface area contributed by atoms with E-state index in [9.17, 15) is 9.18 Å². The number of nitrogens with zero attached hydrogens (tertiary/aromatic N) is 2. The number of hydrogen-bond acceptors (Lipinski definition) is 6. The lowest BCUT2D eigenvalue weighted by molar-refractivity contribution is -0.123. The fourth-order valence-electron chi connectivity index (χ4n) is 3.29. The highest BCUT2D eigenvalue weighted by Crippen LogP contribution is 2.34. The number of carbonyl (C=O) groups is 1. The molecule has 0 bridgehead atoms. The van der Waals surface area contributed by atoms with Gasteiger partial charge in [0.05, 0.1) is 33.1 Å². The van der Waals surface area contributed by atoms with Gasteiger partial charge >= 0.3 is 0 Å². The first-order chi connectivity index (χ1) is 15.6. The Bertz CT molecular complexity index is 941. The van der Waals surface area contributed by atoms with Crippen LogP contribution in [0.2, 0.25) is 0 Å². The Hall–Kier alpha value is -3.23. The number of amides is 1. The van der Waals surface area contributed by atoms with Crippen molar-refractivity contribution in [2.24, 2.45) is 5.10 Å². The molecule has 170 valence electrons. The summed E-state index contributed by atoms with van der Waals surface area (Å²) in [4.78, 5) is 14.1. The van der Waals surface area contributed by atoms with E-state index in [1.165, 1.54) is 12.1 Å². The van der Waals surface area contributed by atoms with E-state index in [2.05, 4.69) is 17.1 Å². The number of hydrazone groups is 1. The average Bonchev–Trinajstić information content (AvgIpc) is 2.80. The van der Waals surface area contributed by atoms with Gasteiger partial charge in [0.2, 0.25) is 0 Å². The molecule has 0 radical (unpaired) electrons. The number of morpholine rings is 1. The lowest BCUT2D eigenvalue weighted by Crippen LogP contribution is -2.42. The van der Waals surface area contributed by atoms with E-state index >= 15 is 0 Å². The first-order valence-electron chi connectivity index (χ1n) is 10.4. The van der Waals surface area contributed by atoms with Crippen molar-refractivity contribution in [1.82, 2.24) is 10.3 Å². The summed E-state index contributed by atoms with van der Waals surface area (Å²) in [6.07, 6.45) is 3.89. The van der Waals surface area contributed by atoms with Crippen LogP contribution in [0.5, 0.6) is 11.5 Å². The summed E-state index contributed by atoms with van der Waals surface area (Å²) >= 11 is 0. The van der Waals surface area contributed by atoms with Crippen LogP contribution in [-0.2, 0) is 22.6 Å². The Labute approximate surface area is 187 Å². The maximum atomic E-state index is 13.1. The Morgan fingerprint density at radius 3 is 2.72 bits per heavy atom. The maximum absolute atomic E-state index is 13.1. The summed E-state index contributed by atoms with van der Waals surface area (Å²) in [6, 6.07) is 9.83. The lowest BCUT2D eigenvalue weighted by atomic mass is 10.1. The van der Waals surface area contributed by atoms with E-state index in [-0.39, 0.29) is 24.9 Å². The Morgan fingerprint density at radius 2 is 2.03 bits per heavy atom. The second kappa shape index (κ2) is 12.0. The maximum Gasteiger partial charge on any atom is 0.254 e. The molecule has 1 N–H and O–H groups in total. The molecule has 2 aromatic rings. The quantitative estimate of drug-likeness (QED) is 0.349. The zero-order chi connectivity index (χ0) is 22.8. The monoisotopic (exact) mass is 441 g/mol. The van der Waals surface area contributed by atoms with Crippen LogP contribution in [0.25, 0.3) is 0 Å². The van der Waals surface area contributed by atoms with Crippen molar-refractivity contribution in [2.45, 2.75) is 13.0 Å². The van der Waals surface area contributed by atoms with Gasteiger partial charge in [-0.15, -0.1) is 6.58 Å². The molecular weight excluding hydrogens is 413 g/mol. The highest BCUT2D eigenvalue weighted by Gasteiger charge is 2.14. The van der Waals surface area contributed by atoms with Gasteiger partial charge in [0.25, 0.3) is 5.91 Å². The van der Waals surface area contributed by atoms with Crippen molar-refractivity contribution >= 4 is 12.1 Å². The standard InChI is InChI=1S/C24H28FN3O4/c1-3-4-20-13-19(15-26-27-23(29)16-28-9-11-31-12-10-28)14-22(30-2)24(20)32-17-18-5-7-21(25)8-6-18/h3,5-8,13-15H,1,4,9-12,16-17H2,2H3,(H,27,29)/b26-15+. The van der Waals surface area contributed by atoms with Crippen molar-refractivity contribution in [1.29, 1.82) is 0 Å². The smallest absolute Gasteiger partial charge is 0.254 e. The molecule has 1 amide bonds. The van der Waals surface area contributed by atoms with Gasteiger partial charge in [-0.05, 0) is 41.8 Å². The molecule has 0 atom stereocenters. The number of hydrogen-bond donors (Lipinski definition) is 1. The number of rotatable bonds is 10. The molecule has 8 heteroatoms. The third-order valence-corrected chi connectivity index (χ3v) is 4.91. The molecule has 2 aromatic carbocycles. The predicted octanol–water partition coefficient (Wildman–Crippen LogP) is 2.92. The van der Waals surface area contributed by atoms with Crippen molar-refractivity contribution in [3.05, 3.63) is 71.6 Å². The van der Waals surface area contributed by atoms with Gasteiger partial charge in [-0.1, -0.05) is 18.2 Å². The second-order valence-electron chi connectivity index (χ2n) is 7.30.